The van der Waals surface area contributed by atoms with Crippen molar-refractivity contribution < 1.29 is 13.2 Å². The maximum Gasteiger partial charge on any atom is 0.416 e. The molecule has 2 N–H and O–H groups in total. The van der Waals surface area contributed by atoms with Gasteiger partial charge in [-0.15, -0.1) is 24.8 Å². The summed E-state index contributed by atoms with van der Waals surface area (Å²) >= 11 is 0. The molecular weight excluding hydrogens is 312 g/mol. The second kappa shape index (κ2) is 8.08. The van der Waals surface area contributed by atoms with E-state index in [0.29, 0.717) is 19.0 Å². The third-order valence-electron chi connectivity index (χ3n) is 3.39. The highest BCUT2D eigenvalue weighted by Gasteiger charge is 2.30. The minimum Gasteiger partial charge on any atom is -0.330 e. The lowest BCUT2D eigenvalue weighted by Gasteiger charge is -2.16. The summed E-state index contributed by atoms with van der Waals surface area (Å²) in [6, 6.07) is 5.40. The van der Waals surface area contributed by atoms with Crippen molar-refractivity contribution in [2.45, 2.75) is 19.1 Å². The summed E-state index contributed by atoms with van der Waals surface area (Å²) in [5.74, 6) is 0.527. The fourth-order valence-corrected chi connectivity index (χ4v) is 2.31. The fourth-order valence-electron chi connectivity index (χ4n) is 2.31. The highest BCUT2D eigenvalue weighted by molar-refractivity contribution is 5.85. The van der Waals surface area contributed by atoms with Gasteiger partial charge >= 0.3 is 6.18 Å². The van der Waals surface area contributed by atoms with Crippen LogP contribution in [-0.2, 0) is 12.7 Å². The average Bonchev–Trinajstić information content (AvgIpc) is 2.76. The van der Waals surface area contributed by atoms with E-state index >= 15 is 0 Å². The van der Waals surface area contributed by atoms with Crippen LogP contribution >= 0.6 is 24.8 Å². The van der Waals surface area contributed by atoms with Gasteiger partial charge in [-0.3, -0.25) is 4.90 Å². The number of nitrogens with two attached hydrogens (primary N) is 1. The molecular formula is C13H19Cl2F3N2. The van der Waals surface area contributed by atoms with Crippen LogP contribution in [0.3, 0.4) is 0 Å². The molecule has 7 heteroatoms. The molecule has 1 aromatic rings. The Labute approximate surface area is 129 Å². The molecule has 116 valence electrons. The minimum absolute atomic E-state index is 0. The monoisotopic (exact) mass is 330 g/mol. The molecule has 2 rings (SSSR count). The lowest BCUT2D eigenvalue weighted by molar-refractivity contribution is -0.137. The summed E-state index contributed by atoms with van der Waals surface area (Å²) in [6.45, 7) is 3.30. The Morgan fingerprint density at radius 1 is 1.15 bits per heavy atom. The standard InChI is InChI=1S/C13H17F3N2.2ClH/c14-13(15,16)12-3-1-10(2-4-12)8-18-6-5-11(7-17)9-18;;/h1-4,11H,5-9,17H2;2*1H. The van der Waals surface area contributed by atoms with Crippen molar-refractivity contribution >= 4 is 24.8 Å². The van der Waals surface area contributed by atoms with Crippen molar-refractivity contribution in [3.63, 3.8) is 0 Å². The first kappa shape index (κ1) is 19.5. The summed E-state index contributed by atoms with van der Waals surface area (Å²) in [5.41, 5.74) is 5.93. The second-order valence-electron chi connectivity index (χ2n) is 4.82. The van der Waals surface area contributed by atoms with Crippen LogP contribution in [0.1, 0.15) is 17.5 Å². The van der Waals surface area contributed by atoms with Gasteiger partial charge in [-0.1, -0.05) is 12.1 Å². The third kappa shape index (κ3) is 5.13. The smallest absolute Gasteiger partial charge is 0.330 e. The Morgan fingerprint density at radius 3 is 2.20 bits per heavy atom. The predicted octanol–water partition coefficient (Wildman–Crippen LogP) is 3.33. The van der Waals surface area contributed by atoms with Gasteiger partial charge in [0.2, 0.25) is 0 Å². The van der Waals surface area contributed by atoms with E-state index in [2.05, 4.69) is 4.90 Å². The first-order chi connectivity index (χ1) is 8.49. The van der Waals surface area contributed by atoms with Gasteiger partial charge in [0.05, 0.1) is 5.56 Å². The second-order valence-corrected chi connectivity index (χ2v) is 4.82. The Hall–Kier alpha value is -0.490. The van der Waals surface area contributed by atoms with E-state index in [4.69, 9.17) is 5.73 Å². The number of hydrogen-bond donors (Lipinski definition) is 1. The summed E-state index contributed by atoms with van der Waals surface area (Å²) < 4.78 is 37.2. The van der Waals surface area contributed by atoms with E-state index < -0.39 is 11.7 Å². The number of benzene rings is 1. The number of hydrogen-bond acceptors (Lipinski definition) is 2. The van der Waals surface area contributed by atoms with Crippen LogP contribution in [0.4, 0.5) is 13.2 Å². The van der Waals surface area contributed by atoms with E-state index in [1.807, 2.05) is 0 Å². The number of halogens is 5. The van der Waals surface area contributed by atoms with Gasteiger partial charge in [-0.25, -0.2) is 0 Å². The number of alkyl halides is 3. The normalized spacial score (nSPS) is 19.3. The van der Waals surface area contributed by atoms with Gasteiger partial charge in [-0.05, 0) is 43.1 Å². The lowest BCUT2D eigenvalue weighted by atomic mass is 10.1. The van der Waals surface area contributed by atoms with Gasteiger partial charge in [0, 0.05) is 13.1 Å². The quantitative estimate of drug-likeness (QED) is 0.921. The number of likely N-dealkylation sites (tertiary alicyclic amines) is 1. The maximum absolute atomic E-state index is 12.4. The maximum atomic E-state index is 12.4. The summed E-state index contributed by atoms with van der Waals surface area (Å²) in [5, 5.41) is 0. The van der Waals surface area contributed by atoms with Gasteiger partial charge in [0.15, 0.2) is 0 Å². The zero-order chi connectivity index (χ0) is 13.2. The first-order valence-electron chi connectivity index (χ1n) is 6.07. The molecule has 0 spiro atoms. The molecule has 1 aliphatic heterocycles. The minimum atomic E-state index is -4.25. The molecule has 1 saturated heterocycles. The Morgan fingerprint density at radius 2 is 1.75 bits per heavy atom. The zero-order valence-electron chi connectivity index (χ0n) is 10.9. The topological polar surface area (TPSA) is 29.3 Å². The molecule has 1 fully saturated rings. The van der Waals surface area contributed by atoms with Crippen molar-refractivity contribution in [3.05, 3.63) is 35.4 Å². The number of nitrogens with zero attached hydrogens (tertiary/aromatic N) is 1. The van der Waals surface area contributed by atoms with Crippen molar-refractivity contribution in [2.75, 3.05) is 19.6 Å². The molecule has 0 saturated carbocycles. The van der Waals surface area contributed by atoms with Crippen LogP contribution in [-0.4, -0.2) is 24.5 Å². The SMILES string of the molecule is Cl.Cl.NCC1CCN(Cc2ccc(C(F)(F)F)cc2)C1. The van der Waals surface area contributed by atoms with Crippen molar-refractivity contribution in [3.8, 4) is 0 Å². The fraction of sp³-hybridized carbons (Fsp3) is 0.538. The van der Waals surface area contributed by atoms with E-state index in [0.717, 1.165) is 37.2 Å². The molecule has 1 aliphatic rings. The van der Waals surface area contributed by atoms with E-state index in [-0.39, 0.29) is 24.8 Å². The van der Waals surface area contributed by atoms with Crippen molar-refractivity contribution in [1.82, 2.24) is 4.90 Å². The first-order valence-corrected chi connectivity index (χ1v) is 6.07. The van der Waals surface area contributed by atoms with Crippen LogP contribution < -0.4 is 5.73 Å². The van der Waals surface area contributed by atoms with Crippen LogP contribution in [0.5, 0.6) is 0 Å². The molecule has 2 nitrogen and oxygen atoms in total. The molecule has 0 bridgehead atoms. The molecule has 1 atom stereocenters. The molecule has 1 aromatic carbocycles. The van der Waals surface area contributed by atoms with E-state index in [1.165, 1.54) is 0 Å². The van der Waals surface area contributed by atoms with Gasteiger partial charge in [0.1, 0.15) is 0 Å². The van der Waals surface area contributed by atoms with Crippen molar-refractivity contribution in [2.24, 2.45) is 11.7 Å². The third-order valence-corrected chi connectivity index (χ3v) is 3.39. The summed E-state index contributed by atoms with van der Waals surface area (Å²) in [4.78, 5) is 2.24. The van der Waals surface area contributed by atoms with Crippen LogP contribution in [0.15, 0.2) is 24.3 Å². The van der Waals surface area contributed by atoms with E-state index in [9.17, 15) is 13.2 Å². The average molecular weight is 331 g/mol. The molecule has 0 aromatic heterocycles. The Balaban J connectivity index is 0.00000180. The van der Waals surface area contributed by atoms with Crippen LogP contribution in [0, 0.1) is 5.92 Å². The Bertz CT molecular complexity index is 396. The predicted molar refractivity (Wildman–Crippen MR) is 78.4 cm³/mol. The van der Waals surface area contributed by atoms with Gasteiger partial charge in [-0.2, -0.15) is 13.2 Å². The highest BCUT2D eigenvalue weighted by Crippen LogP contribution is 2.29. The zero-order valence-corrected chi connectivity index (χ0v) is 12.5. The summed E-state index contributed by atoms with van der Waals surface area (Å²) in [6.07, 6.45) is -3.17. The lowest BCUT2D eigenvalue weighted by Crippen LogP contribution is -2.22. The Kier molecular flexibility index (Phi) is 7.88. The van der Waals surface area contributed by atoms with Crippen LogP contribution in [0.2, 0.25) is 0 Å². The molecule has 0 radical (unpaired) electrons. The molecule has 20 heavy (non-hydrogen) atoms. The van der Waals surface area contributed by atoms with Crippen LogP contribution in [0.25, 0.3) is 0 Å². The number of rotatable bonds is 3. The van der Waals surface area contributed by atoms with E-state index in [1.54, 1.807) is 12.1 Å². The van der Waals surface area contributed by atoms with Crippen molar-refractivity contribution in [1.29, 1.82) is 0 Å². The molecule has 1 unspecified atom stereocenters. The molecule has 0 aliphatic carbocycles. The van der Waals surface area contributed by atoms with Gasteiger partial charge in [0.25, 0.3) is 0 Å². The summed E-state index contributed by atoms with van der Waals surface area (Å²) in [7, 11) is 0. The van der Waals surface area contributed by atoms with Gasteiger partial charge < -0.3 is 5.73 Å². The molecule has 1 heterocycles. The molecule has 0 amide bonds. The largest absolute Gasteiger partial charge is 0.416 e. The highest BCUT2D eigenvalue weighted by atomic mass is 35.5.